The van der Waals surface area contributed by atoms with Crippen LogP contribution < -0.4 is 14.8 Å². The van der Waals surface area contributed by atoms with Crippen LogP contribution in [-0.4, -0.2) is 38.5 Å². The molecule has 1 aliphatic rings. The zero-order chi connectivity index (χ0) is 12.8. The van der Waals surface area contributed by atoms with E-state index in [9.17, 15) is 5.11 Å². The van der Waals surface area contributed by atoms with Crippen LogP contribution in [-0.2, 0) is 0 Å². The molecule has 0 amide bonds. The number of ether oxygens (including phenoxy) is 2. The Bertz CT molecular complexity index is 375. The first-order chi connectivity index (χ1) is 8.79. The molecule has 2 rings (SSSR count). The van der Waals surface area contributed by atoms with Crippen molar-refractivity contribution in [3.63, 3.8) is 0 Å². The fraction of sp³-hybridized carbons (Fsp3) is 0.571. The fourth-order valence-electron chi connectivity index (χ4n) is 2.34. The summed E-state index contributed by atoms with van der Waals surface area (Å²) >= 11 is 0. The Hall–Kier alpha value is -1.26. The van der Waals surface area contributed by atoms with Gasteiger partial charge < -0.3 is 19.9 Å². The lowest BCUT2D eigenvalue weighted by atomic mass is 9.85. The molecule has 0 bridgehead atoms. The summed E-state index contributed by atoms with van der Waals surface area (Å²) in [4.78, 5) is 0. The third-order valence-corrected chi connectivity index (χ3v) is 3.63. The first kappa shape index (κ1) is 13.2. The van der Waals surface area contributed by atoms with Gasteiger partial charge in [0.1, 0.15) is 0 Å². The van der Waals surface area contributed by atoms with E-state index in [2.05, 4.69) is 5.32 Å². The van der Waals surface area contributed by atoms with Crippen molar-refractivity contribution in [2.45, 2.75) is 12.8 Å². The molecule has 100 valence electrons. The van der Waals surface area contributed by atoms with Gasteiger partial charge in [0.15, 0.2) is 11.5 Å². The van der Waals surface area contributed by atoms with Crippen LogP contribution >= 0.6 is 0 Å². The second kappa shape index (κ2) is 6.07. The van der Waals surface area contributed by atoms with Crippen LogP contribution in [0, 0.1) is 5.41 Å². The number of aliphatic hydroxyl groups is 1. The average molecular weight is 251 g/mol. The van der Waals surface area contributed by atoms with Crippen molar-refractivity contribution < 1.29 is 14.6 Å². The number of aliphatic hydroxyl groups excluding tert-OH is 1. The zero-order valence-electron chi connectivity index (χ0n) is 10.8. The van der Waals surface area contributed by atoms with Crippen molar-refractivity contribution in [2.75, 3.05) is 33.4 Å². The molecule has 1 aromatic carbocycles. The highest BCUT2D eigenvalue weighted by molar-refractivity contribution is 5.39. The summed E-state index contributed by atoms with van der Waals surface area (Å²) in [6.45, 7) is 2.67. The van der Waals surface area contributed by atoms with Crippen LogP contribution in [0.25, 0.3) is 0 Å². The molecule has 2 N–H and O–H groups in total. The van der Waals surface area contributed by atoms with E-state index < -0.39 is 0 Å². The summed E-state index contributed by atoms with van der Waals surface area (Å²) in [5.74, 6) is 1.51. The van der Waals surface area contributed by atoms with Crippen molar-refractivity contribution in [3.05, 3.63) is 24.3 Å². The molecule has 1 fully saturated rings. The van der Waals surface area contributed by atoms with E-state index in [1.165, 1.54) is 0 Å². The quantitative estimate of drug-likeness (QED) is 0.803. The Labute approximate surface area is 108 Å². The number of hydrogen-bond acceptors (Lipinski definition) is 4. The van der Waals surface area contributed by atoms with Crippen molar-refractivity contribution in [2.24, 2.45) is 5.41 Å². The van der Waals surface area contributed by atoms with Crippen LogP contribution in [0.15, 0.2) is 24.3 Å². The summed E-state index contributed by atoms with van der Waals surface area (Å²) < 4.78 is 11.0. The molecular formula is C14H21NO3. The Morgan fingerprint density at radius 2 is 2.11 bits per heavy atom. The average Bonchev–Trinajstić information content (AvgIpc) is 2.89. The second-order valence-corrected chi connectivity index (χ2v) is 4.83. The monoisotopic (exact) mass is 251 g/mol. The Kier molecular flexibility index (Phi) is 4.44. The summed E-state index contributed by atoms with van der Waals surface area (Å²) in [6.07, 6.45) is 1.87. The Morgan fingerprint density at radius 3 is 2.72 bits per heavy atom. The number of benzene rings is 1. The van der Waals surface area contributed by atoms with Gasteiger partial charge in [-0.3, -0.25) is 0 Å². The molecule has 0 saturated carbocycles. The van der Waals surface area contributed by atoms with E-state index in [4.69, 9.17) is 9.47 Å². The van der Waals surface area contributed by atoms with Crippen LogP contribution in [0.3, 0.4) is 0 Å². The third kappa shape index (κ3) is 2.94. The third-order valence-electron chi connectivity index (χ3n) is 3.63. The van der Waals surface area contributed by atoms with Gasteiger partial charge in [-0.2, -0.15) is 0 Å². The van der Waals surface area contributed by atoms with Crippen LogP contribution in [0.2, 0.25) is 0 Å². The predicted molar refractivity (Wildman–Crippen MR) is 70.1 cm³/mol. The fourth-order valence-corrected chi connectivity index (χ4v) is 2.34. The standard InChI is InChI=1S/C14H21NO3/c1-17-12-4-2-3-5-13(12)18-9-7-14(11-16)6-8-15-10-14/h2-5,15-16H,6-11H2,1H3. The maximum Gasteiger partial charge on any atom is 0.161 e. The van der Waals surface area contributed by atoms with Crippen LogP contribution in [0.1, 0.15) is 12.8 Å². The molecular weight excluding hydrogens is 230 g/mol. The highest BCUT2D eigenvalue weighted by atomic mass is 16.5. The molecule has 4 nitrogen and oxygen atoms in total. The minimum atomic E-state index is -0.0119. The SMILES string of the molecule is COc1ccccc1OCCC1(CO)CCNC1. The second-order valence-electron chi connectivity index (χ2n) is 4.83. The molecule has 0 aliphatic carbocycles. The molecule has 1 saturated heterocycles. The lowest BCUT2D eigenvalue weighted by Crippen LogP contribution is -2.30. The van der Waals surface area contributed by atoms with Crippen LogP contribution in [0.5, 0.6) is 11.5 Å². The highest BCUT2D eigenvalue weighted by Crippen LogP contribution is 2.31. The summed E-state index contributed by atoms with van der Waals surface area (Å²) in [7, 11) is 1.64. The number of hydrogen-bond donors (Lipinski definition) is 2. The smallest absolute Gasteiger partial charge is 0.161 e. The first-order valence-corrected chi connectivity index (χ1v) is 6.37. The normalized spacial score (nSPS) is 23.0. The molecule has 1 atom stereocenters. The van der Waals surface area contributed by atoms with E-state index in [0.717, 1.165) is 37.4 Å². The maximum absolute atomic E-state index is 9.49. The number of para-hydroxylation sites is 2. The summed E-state index contributed by atoms with van der Waals surface area (Å²) in [5, 5.41) is 12.8. The lowest BCUT2D eigenvalue weighted by molar-refractivity contribution is 0.112. The van der Waals surface area contributed by atoms with Gasteiger partial charge in [0.05, 0.1) is 20.3 Å². The minimum absolute atomic E-state index is 0.0119. The molecule has 1 aromatic rings. The summed E-state index contributed by atoms with van der Waals surface area (Å²) in [6, 6.07) is 7.63. The van der Waals surface area contributed by atoms with E-state index in [1.807, 2.05) is 24.3 Å². The van der Waals surface area contributed by atoms with Gasteiger partial charge in [-0.15, -0.1) is 0 Å². The summed E-state index contributed by atoms with van der Waals surface area (Å²) in [5.41, 5.74) is -0.0119. The van der Waals surface area contributed by atoms with Gasteiger partial charge in [-0.25, -0.2) is 0 Å². The van der Waals surface area contributed by atoms with Gasteiger partial charge in [-0.1, -0.05) is 12.1 Å². The van der Waals surface area contributed by atoms with Crippen molar-refractivity contribution >= 4 is 0 Å². The molecule has 1 unspecified atom stereocenters. The molecule has 4 heteroatoms. The Balaban J connectivity index is 1.88. The molecule has 0 radical (unpaired) electrons. The van der Waals surface area contributed by atoms with Gasteiger partial charge in [0, 0.05) is 12.0 Å². The molecule has 18 heavy (non-hydrogen) atoms. The molecule has 1 aliphatic heterocycles. The van der Waals surface area contributed by atoms with Crippen LogP contribution in [0.4, 0.5) is 0 Å². The zero-order valence-corrected chi connectivity index (χ0v) is 10.8. The molecule has 0 aromatic heterocycles. The van der Waals surface area contributed by atoms with Crippen molar-refractivity contribution in [3.8, 4) is 11.5 Å². The molecule has 0 spiro atoms. The number of methoxy groups -OCH3 is 1. The van der Waals surface area contributed by atoms with E-state index >= 15 is 0 Å². The molecule has 1 heterocycles. The lowest BCUT2D eigenvalue weighted by Gasteiger charge is -2.25. The minimum Gasteiger partial charge on any atom is -0.493 e. The maximum atomic E-state index is 9.49. The van der Waals surface area contributed by atoms with Gasteiger partial charge >= 0.3 is 0 Å². The topological polar surface area (TPSA) is 50.7 Å². The largest absolute Gasteiger partial charge is 0.493 e. The van der Waals surface area contributed by atoms with E-state index in [0.29, 0.717) is 6.61 Å². The predicted octanol–water partition coefficient (Wildman–Crippen LogP) is 1.44. The first-order valence-electron chi connectivity index (χ1n) is 6.37. The van der Waals surface area contributed by atoms with E-state index in [1.54, 1.807) is 7.11 Å². The van der Waals surface area contributed by atoms with Gasteiger partial charge in [0.2, 0.25) is 0 Å². The number of nitrogens with one attached hydrogen (secondary N) is 1. The Morgan fingerprint density at radius 1 is 1.33 bits per heavy atom. The van der Waals surface area contributed by atoms with Gasteiger partial charge in [-0.05, 0) is 31.5 Å². The highest BCUT2D eigenvalue weighted by Gasteiger charge is 2.32. The van der Waals surface area contributed by atoms with Crippen molar-refractivity contribution in [1.82, 2.24) is 5.32 Å². The van der Waals surface area contributed by atoms with Gasteiger partial charge in [0.25, 0.3) is 0 Å². The van der Waals surface area contributed by atoms with Crippen molar-refractivity contribution in [1.29, 1.82) is 0 Å². The number of rotatable bonds is 6. The van der Waals surface area contributed by atoms with E-state index in [-0.39, 0.29) is 12.0 Å².